The molecule has 0 atom stereocenters. The molecule has 10 heteroatoms. The van der Waals surface area contributed by atoms with E-state index in [1.165, 1.54) is 16.0 Å². The first-order valence-corrected chi connectivity index (χ1v) is 10.2. The average molecular weight is 422 g/mol. The highest BCUT2D eigenvalue weighted by molar-refractivity contribution is 7.13. The Morgan fingerprint density at radius 1 is 1.10 bits per heavy atom. The molecule has 0 aliphatic carbocycles. The van der Waals surface area contributed by atoms with Crippen LogP contribution in [-0.4, -0.2) is 31.8 Å². The van der Waals surface area contributed by atoms with Crippen molar-refractivity contribution < 1.29 is 9.59 Å². The van der Waals surface area contributed by atoms with Crippen molar-refractivity contribution in [2.75, 3.05) is 0 Å². The number of amides is 2. The van der Waals surface area contributed by atoms with Gasteiger partial charge in [-0.05, 0) is 30.0 Å². The van der Waals surface area contributed by atoms with Gasteiger partial charge in [-0.2, -0.15) is 10.2 Å². The molecule has 1 aromatic carbocycles. The molecule has 3 N–H and O–H groups in total. The normalized spacial score (nSPS) is 10.8. The van der Waals surface area contributed by atoms with Gasteiger partial charge in [0.2, 0.25) is 0 Å². The van der Waals surface area contributed by atoms with Crippen LogP contribution in [0.1, 0.15) is 34.3 Å². The molecule has 3 heterocycles. The Labute approximate surface area is 174 Å². The lowest BCUT2D eigenvalue weighted by atomic mass is 10.1. The highest BCUT2D eigenvalue weighted by atomic mass is 32.1. The number of hydrazine groups is 1. The van der Waals surface area contributed by atoms with Gasteiger partial charge in [0, 0.05) is 11.9 Å². The number of nitrogens with zero attached hydrogens (tertiary/aromatic N) is 3. The summed E-state index contributed by atoms with van der Waals surface area (Å²) in [5.41, 5.74) is 5.33. The lowest BCUT2D eigenvalue weighted by Gasteiger charge is -2.11. The van der Waals surface area contributed by atoms with E-state index < -0.39 is 11.8 Å². The molecule has 0 aliphatic heterocycles. The molecule has 0 spiro atoms. The maximum atomic E-state index is 12.7. The van der Waals surface area contributed by atoms with E-state index in [9.17, 15) is 14.4 Å². The topological polar surface area (TPSA) is 122 Å². The fraction of sp³-hybridized carbons (Fsp3) is 0.150. The van der Waals surface area contributed by atoms with Gasteiger partial charge in [-0.25, -0.2) is 4.68 Å². The zero-order valence-corrected chi connectivity index (χ0v) is 16.8. The van der Waals surface area contributed by atoms with E-state index in [0.717, 1.165) is 4.88 Å². The summed E-state index contributed by atoms with van der Waals surface area (Å²) in [6.07, 6.45) is 0.689. The van der Waals surface area contributed by atoms with Gasteiger partial charge in [-0.1, -0.05) is 31.2 Å². The Kier molecular flexibility index (Phi) is 5.40. The maximum Gasteiger partial charge on any atom is 0.290 e. The Morgan fingerprint density at radius 3 is 2.60 bits per heavy atom. The third-order valence-corrected chi connectivity index (χ3v) is 5.31. The summed E-state index contributed by atoms with van der Waals surface area (Å²) in [7, 11) is 0. The van der Waals surface area contributed by atoms with E-state index in [0.29, 0.717) is 29.4 Å². The van der Waals surface area contributed by atoms with Crippen molar-refractivity contribution in [2.45, 2.75) is 19.9 Å². The maximum absolute atomic E-state index is 12.7. The molecular formula is C20H18N6O3S. The van der Waals surface area contributed by atoms with Gasteiger partial charge in [-0.3, -0.25) is 30.3 Å². The second-order valence-corrected chi connectivity index (χ2v) is 7.42. The van der Waals surface area contributed by atoms with E-state index >= 15 is 0 Å². The van der Waals surface area contributed by atoms with Gasteiger partial charge < -0.3 is 0 Å². The molecule has 9 nitrogen and oxygen atoms in total. The van der Waals surface area contributed by atoms with Gasteiger partial charge in [-0.15, -0.1) is 11.3 Å². The Morgan fingerprint density at radius 2 is 1.87 bits per heavy atom. The summed E-state index contributed by atoms with van der Waals surface area (Å²) in [6, 6.07) is 12.2. The largest absolute Gasteiger partial charge is 0.290 e. The first kappa shape index (κ1) is 19.5. The number of hydrogen-bond acceptors (Lipinski definition) is 6. The van der Waals surface area contributed by atoms with Gasteiger partial charge in [0.05, 0.1) is 16.0 Å². The van der Waals surface area contributed by atoms with Gasteiger partial charge in [0.15, 0.2) is 11.4 Å². The predicted octanol–water partition coefficient (Wildman–Crippen LogP) is 2.33. The molecule has 0 saturated heterocycles. The standard InChI is InChI=1S/C20H18N6O3S/c1-2-9-26-20(29)13-7-4-3-6-12(13)17(25-26)19(28)24-23-18(27)15-11-14(21-22-15)16-8-5-10-30-16/h3-8,10-11H,2,9H2,1H3,(H,21,22)(H,23,27)(H,24,28). The number of aryl methyl sites for hydroxylation is 1. The third-order valence-electron chi connectivity index (χ3n) is 4.40. The summed E-state index contributed by atoms with van der Waals surface area (Å²) < 4.78 is 1.26. The Balaban J connectivity index is 1.54. The summed E-state index contributed by atoms with van der Waals surface area (Å²) in [6.45, 7) is 2.30. The minimum atomic E-state index is -0.626. The molecule has 0 unspecified atom stereocenters. The minimum absolute atomic E-state index is 0.0558. The van der Waals surface area contributed by atoms with Crippen LogP contribution in [-0.2, 0) is 6.54 Å². The van der Waals surface area contributed by atoms with Crippen LogP contribution in [0.2, 0.25) is 0 Å². The van der Waals surface area contributed by atoms with Crippen molar-refractivity contribution in [3.8, 4) is 10.6 Å². The Bertz CT molecular complexity index is 1280. The number of H-pyrrole nitrogens is 1. The molecule has 0 fully saturated rings. The minimum Gasteiger partial charge on any atom is -0.276 e. The van der Waals surface area contributed by atoms with E-state index in [1.54, 1.807) is 30.3 Å². The quantitative estimate of drug-likeness (QED) is 0.426. The number of carbonyl (C=O) groups excluding carboxylic acids is 2. The zero-order valence-electron chi connectivity index (χ0n) is 16.0. The summed E-state index contributed by atoms with van der Waals surface area (Å²) >= 11 is 1.52. The number of nitrogens with one attached hydrogen (secondary N) is 3. The first-order chi connectivity index (χ1) is 14.6. The van der Waals surface area contributed by atoms with Crippen molar-refractivity contribution >= 4 is 33.9 Å². The summed E-state index contributed by atoms with van der Waals surface area (Å²) in [4.78, 5) is 38.6. The fourth-order valence-corrected chi connectivity index (χ4v) is 3.69. The van der Waals surface area contributed by atoms with Crippen LogP contribution in [0.4, 0.5) is 0 Å². The van der Waals surface area contributed by atoms with E-state index in [-0.39, 0.29) is 16.9 Å². The fourth-order valence-electron chi connectivity index (χ4n) is 3.00. The van der Waals surface area contributed by atoms with Gasteiger partial charge in [0.25, 0.3) is 17.4 Å². The first-order valence-electron chi connectivity index (χ1n) is 9.28. The number of fused-ring (bicyclic) bond motifs is 1. The molecule has 0 bridgehead atoms. The molecule has 4 aromatic rings. The Hall–Kier alpha value is -3.79. The number of thiophene rings is 1. The molecule has 3 aromatic heterocycles. The van der Waals surface area contributed by atoms with Crippen LogP contribution in [0, 0.1) is 0 Å². The van der Waals surface area contributed by atoms with Crippen LogP contribution in [0.25, 0.3) is 21.3 Å². The van der Waals surface area contributed by atoms with Crippen LogP contribution >= 0.6 is 11.3 Å². The van der Waals surface area contributed by atoms with Gasteiger partial charge in [0.1, 0.15) is 0 Å². The van der Waals surface area contributed by atoms with Crippen molar-refractivity contribution in [3.63, 3.8) is 0 Å². The predicted molar refractivity (Wildman–Crippen MR) is 113 cm³/mol. The smallest absolute Gasteiger partial charge is 0.276 e. The van der Waals surface area contributed by atoms with E-state index in [2.05, 4.69) is 26.1 Å². The number of rotatable bonds is 5. The highest BCUT2D eigenvalue weighted by Crippen LogP contribution is 2.22. The molecular weight excluding hydrogens is 404 g/mol. The molecule has 0 aliphatic rings. The monoisotopic (exact) mass is 422 g/mol. The SMILES string of the molecule is CCCn1nc(C(=O)NNC(=O)c2cc(-c3cccs3)[nH]n2)c2ccccc2c1=O. The number of hydrogen-bond donors (Lipinski definition) is 3. The van der Waals surface area contributed by atoms with Crippen molar-refractivity contribution in [1.82, 2.24) is 30.8 Å². The highest BCUT2D eigenvalue weighted by Gasteiger charge is 2.18. The van der Waals surface area contributed by atoms with E-state index in [1.807, 2.05) is 24.4 Å². The molecule has 0 radical (unpaired) electrons. The molecule has 152 valence electrons. The van der Waals surface area contributed by atoms with Crippen LogP contribution in [0.5, 0.6) is 0 Å². The average Bonchev–Trinajstić information content (AvgIpc) is 3.46. The number of benzene rings is 1. The second kappa shape index (κ2) is 8.29. The van der Waals surface area contributed by atoms with Crippen LogP contribution in [0.3, 0.4) is 0 Å². The third kappa shape index (κ3) is 3.72. The van der Waals surface area contributed by atoms with Crippen LogP contribution < -0.4 is 16.4 Å². The van der Waals surface area contributed by atoms with Crippen molar-refractivity contribution in [1.29, 1.82) is 0 Å². The number of aromatic nitrogens is 4. The molecule has 2 amide bonds. The lowest BCUT2D eigenvalue weighted by molar-refractivity contribution is 0.0841. The summed E-state index contributed by atoms with van der Waals surface area (Å²) in [5, 5.41) is 13.7. The second-order valence-electron chi connectivity index (χ2n) is 6.47. The van der Waals surface area contributed by atoms with Crippen molar-refractivity contribution in [2.24, 2.45) is 0 Å². The van der Waals surface area contributed by atoms with Crippen molar-refractivity contribution in [3.05, 3.63) is 69.6 Å². The molecule has 30 heavy (non-hydrogen) atoms. The summed E-state index contributed by atoms with van der Waals surface area (Å²) in [5.74, 6) is -1.20. The molecule has 4 rings (SSSR count). The number of carbonyl (C=O) groups is 2. The van der Waals surface area contributed by atoms with Crippen LogP contribution in [0.15, 0.2) is 52.6 Å². The molecule has 0 saturated carbocycles. The number of aromatic amines is 1. The van der Waals surface area contributed by atoms with E-state index in [4.69, 9.17) is 0 Å². The van der Waals surface area contributed by atoms with Gasteiger partial charge >= 0.3 is 0 Å². The lowest BCUT2D eigenvalue weighted by Crippen LogP contribution is -2.43. The zero-order chi connectivity index (χ0) is 21.1.